The third-order valence-electron chi connectivity index (χ3n) is 4.55. The van der Waals surface area contributed by atoms with Gasteiger partial charge in [0.2, 0.25) is 0 Å². The first-order valence-corrected chi connectivity index (χ1v) is 8.98. The topological polar surface area (TPSA) is 51.5 Å². The van der Waals surface area contributed by atoms with Crippen molar-refractivity contribution < 1.29 is 14.3 Å². The lowest BCUT2D eigenvalue weighted by atomic mass is 10.1. The number of ether oxygens (including phenoxy) is 1. The Morgan fingerprint density at radius 1 is 1.04 bits per heavy atom. The number of imide groups is 1. The second-order valence-electron chi connectivity index (χ2n) is 5.81. The second-order valence-corrected chi connectivity index (χ2v) is 6.64. The van der Waals surface area contributed by atoms with Crippen molar-refractivity contribution in [3.05, 3.63) is 53.6 Å². The van der Waals surface area contributed by atoms with E-state index in [2.05, 4.69) is 0 Å². The van der Waals surface area contributed by atoms with Crippen LogP contribution in [0.3, 0.4) is 0 Å². The van der Waals surface area contributed by atoms with Crippen molar-refractivity contribution >= 4 is 40.2 Å². The van der Waals surface area contributed by atoms with E-state index in [1.165, 1.54) is 4.90 Å². The normalized spacial score (nSPS) is 13.6. The highest BCUT2D eigenvalue weighted by Crippen LogP contribution is 2.36. The highest BCUT2D eigenvalue weighted by molar-refractivity contribution is 7.98. The number of hydrogen-bond donors (Lipinski definition) is 0. The fourth-order valence-corrected chi connectivity index (χ4v) is 3.91. The first-order chi connectivity index (χ1) is 12.1. The van der Waals surface area contributed by atoms with Gasteiger partial charge in [-0.1, -0.05) is 6.07 Å². The molecule has 0 atom stereocenters. The van der Waals surface area contributed by atoms with Gasteiger partial charge >= 0.3 is 0 Å². The SMILES string of the molecule is COc1cccc(N2C(=O)c3ccc4c(cc(SC)n4C)c3C2=O)c1. The maximum atomic E-state index is 13.1. The lowest BCUT2D eigenvalue weighted by Gasteiger charge is -2.14. The van der Waals surface area contributed by atoms with Crippen LogP contribution in [0, 0.1) is 0 Å². The van der Waals surface area contributed by atoms with Crippen LogP contribution in [0.5, 0.6) is 5.75 Å². The average Bonchev–Trinajstić information content (AvgIpc) is 3.09. The molecule has 25 heavy (non-hydrogen) atoms. The van der Waals surface area contributed by atoms with E-state index in [1.54, 1.807) is 49.2 Å². The Morgan fingerprint density at radius 2 is 1.84 bits per heavy atom. The summed E-state index contributed by atoms with van der Waals surface area (Å²) in [7, 11) is 3.51. The summed E-state index contributed by atoms with van der Waals surface area (Å²) in [5, 5.41) is 1.86. The number of carbonyl (C=O) groups is 2. The Hall–Kier alpha value is -2.73. The number of methoxy groups -OCH3 is 1. The number of anilines is 1. The van der Waals surface area contributed by atoms with Gasteiger partial charge in [0.05, 0.1) is 29.0 Å². The van der Waals surface area contributed by atoms with Crippen LogP contribution < -0.4 is 9.64 Å². The minimum absolute atomic E-state index is 0.294. The molecule has 0 N–H and O–H groups in total. The zero-order valence-corrected chi connectivity index (χ0v) is 14.9. The number of hydrogen-bond acceptors (Lipinski definition) is 4. The van der Waals surface area contributed by atoms with Gasteiger partial charge in [-0.05, 0) is 36.6 Å². The van der Waals surface area contributed by atoms with Gasteiger partial charge in [0.1, 0.15) is 5.75 Å². The molecule has 0 unspecified atom stereocenters. The molecule has 0 bridgehead atoms. The van der Waals surface area contributed by atoms with Gasteiger partial charge in [0.15, 0.2) is 0 Å². The van der Waals surface area contributed by atoms with Gasteiger partial charge in [0.25, 0.3) is 11.8 Å². The molecule has 6 heteroatoms. The summed E-state index contributed by atoms with van der Waals surface area (Å²) in [6.45, 7) is 0. The predicted octanol–water partition coefficient (Wildman–Crippen LogP) is 3.71. The van der Waals surface area contributed by atoms with Crippen molar-refractivity contribution in [1.82, 2.24) is 4.57 Å². The minimum Gasteiger partial charge on any atom is -0.497 e. The maximum Gasteiger partial charge on any atom is 0.266 e. The molecule has 1 aromatic heterocycles. The number of thioether (sulfide) groups is 1. The van der Waals surface area contributed by atoms with Crippen LogP contribution in [0.25, 0.3) is 10.9 Å². The summed E-state index contributed by atoms with van der Waals surface area (Å²) >= 11 is 1.61. The molecule has 1 aliphatic heterocycles. The molecular formula is C19H16N2O3S. The fraction of sp³-hybridized carbons (Fsp3) is 0.158. The van der Waals surface area contributed by atoms with E-state index in [0.29, 0.717) is 22.6 Å². The smallest absolute Gasteiger partial charge is 0.266 e. The van der Waals surface area contributed by atoms with Crippen LogP contribution in [-0.4, -0.2) is 29.7 Å². The standard InChI is InChI=1S/C19H16N2O3S/c1-20-15-8-7-13-17(14(15)10-16(20)25-3)19(23)21(18(13)22)11-5-4-6-12(9-11)24-2/h4-10H,1-3H3. The molecule has 0 aliphatic carbocycles. The molecule has 2 amide bonds. The summed E-state index contributed by atoms with van der Waals surface area (Å²) in [4.78, 5) is 27.2. The van der Waals surface area contributed by atoms with Crippen molar-refractivity contribution in [1.29, 1.82) is 0 Å². The van der Waals surface area contributed by atoms with E-state index < -0.39 is 0 Å². The molecule has 0 radical (unpaired) electrons. The highest BCUT2D eigenvalue weighted by atomic mass is 32.2. The Bertz CT molecular complexity index is 1040. The number of aryl methyl sites for hydroxylation is 1. The molecule has 2 aromatic carbocycles. The average molecular weight is 352 g/mol. The van der Waals surface area contributed by atoms with Crippen molar-refractivity contribution in [2.75, 3.05) is 18.3 Å². The van der Waals surface area contributed by atoms with Crippen LogP contribution in [0.4, 0.5) is 5.69 Å². The van der Waals surface area contributed by atoms with Crippen LogP contribution in [-0.2, 0) is 7.05 Å². The Labute approximate surface area is 149 Å². The molecule has 0 saturated carbocycles. The predicted molar refractivity (Wildman–Crippen MR) is 98.8 cm³/mol. The molecule has 5 nitrogen and oxygen atoms in total. The largest absolute Gasteiger partial charge is 0.497 e. The van der Waals surface area contributed by atoms with Crippen LogP contribution in [0.1, 0.15) is 20.7 Å². The number of carbonyl (C=O) groups excluding carboxylic acids is 2. The maximum absolute atomic E-state index is 13.1. The van der Waals surface area contributed by atoms with Gasteiger partial charge in [0, 0.05) is 24.0 Å². The summed E-state index contributed by atoms with van der Waals surface area (Å²) in [6, 6.07) is 12.6. The number of benzene rings is 2. The van der Waals surface area contributed by atoms with Crippen molar-refractivity contribution in [2.45, 2.75) is 5.03 Å². The molecule has 0 spiro atoms. The molecule has 0 fully saturated rings. The monoisotopic (exact) mass is 352 g/mol. The summed E-state index contributed by atoms with van der Waals surface area (Å²) in [5.41, 5.74) is 2.37. The van der Waals surface area contributed by atoms with Crippen molar-refractivity contribution in [3.8, 4) is 5.75 Å². The molecule has 1 aliphatic rings. The first-order valence-electron chi connectivity index (χ1n) is 7.76. The zero-order chi connectivity index (χ0) is 17.7. The van der Waals surface area contributed by atoms with Gasteiger partial charge in [-0.3, -0.25) is 9.59 Å². The van der Waals surface area contributed by atoms with Crippen molar-refractivity contribution in [3.63, 3.8) is 0 Å². The van der Waals surface area contributed by atoms with E-state index >= 15 is 0 Å². The Kier molecular flexibility index (Phi) is 3.58. The third kappa shape index (κ3) is 2.17. The lowest BCUT2D eigenvalue weighted by molar-refractivity contribution is 0.0926. The van der Waals surface area contributed by atoms with Gasteiger partial charge in [-0.25, -0.2) is 4.90 Å². The Morgan fingerprint density at radius 3 is 2.56 bits per heavy atom. The van der Waals surface area contributed by atoms with E-state index in [-0.39, 0.29) is 11.8 Å². The number of fused-ring (bicyclic) bond motifs is 3. The zero-order valence-electron chi connectivity index (χ0n) is 14.1. The molecular weight excluding hydrogens is 336 g/mol. The highest BCUT2D eigenvalue weighted by Gasteiger charge is 2.38. The number of amides is 2. The van der Waals surface area contributed by atoms with Crippen LogP contribution >= 0.6 is 11.8 Å². The van der Waals surface area contributed by atoms with Gasteiger partial charge < -0.3 is 9.30 Å². The first kappa shape index (κ1) is 15.8. The summed E-state index contributed by atoms with van der Waals surface area (Å²) in [6.07, 6.45) is 1.99. The molecule has 2 heterocycles. The number of nitrogens with zero attached hydrogens (tertiary/aromatic N) is 2. The second kappa shape index (κ2) is 5.67. The fourth-order valence-electron chi connectivity index (χ4n) is 3.30. The van der Waals surface area contributed by atoms with Gasteiger partial charge in [-0.15, -0.1) is 11.8 Å². The van der Waals surface area contributed by atoms with E-state index in [9.17, 15) is 9.59 Å². The molecule has 4 rings (SSSR count). The summed E-state index contributed by atoms with van der Waals surface area (Å²) in [5.74, 6) is 0.00500. The molecule has 126 valence electrons. The van der Waals surface area contributed by atoms with Crippen molar-refractivity contribution in [2.24, 2.45) is 7.05 Å². The van der Waals surface area contributed by atoms with Crippen LogP contribution in [0.15, 0.2) is 47.5 Å². The van der Waals surface area contributed by atoms with E-state index in [1.807, 2.05) is 30.0 Å². The number of rotatable bonds is 3. The Balaban J connectivity index is 1.91. The van der Waals surface area contributed by atoms with Gasteiger partial charge in [-0.2, -0.15) is 0 Å². The van der Waals surface area contributed by atoms with E-state index in [0.717, 1.165) is 15.9 Å². The third-order valence-corrected chi connectivity index (χ3v) is 5.36. The molecule has 0 saturated heterocycles. The quantitative estimate of drug-likeness (QED) is 0.533. The lowest BCUT2D eigenvalue weighted by Crippen LogP contribution is -2.29. The molecule has 3 aromatic rings. The minimum atomic E-state index is -0.301. The van der Waals surface area contributed by atoms with Crippen LogP contribution in [0.2, 0.25) is 0 Å². The van der Waals surface area contributed by atoms with E-state index in [4.69, 9.17) is 4.74 Å². The number of aromatic nitrogens is 1. The summed E-state index contributed by atoms with van der Waals surface area (Å²) < 4.78 is 7.24.